The average molecular weight is 413 g/mol. The average Bonchev–Trinajstić information content (AvgIpc) is 3.14. The first-order valence-corrected chi connectivity index (χ1v) is 9.65. The highest BCUT2D eigenvalue weighted by Gasteiger charge is 2.22. The van der Waals surface area contributed by atoms with E-state index in [2.05, 4.69) is 15.1 Å². The van der Waals surface area contributed by atoms with Gasteiger partial charge in [-0.3, -0.25) is 9.69 Å². The van der Waals surface area contributed by atoms with Crippen molar-refractivity contribution in [2.45, 2.75) is 13.3 Å². The Bertz CT molecular complexity index is 1010. The molecule has 0 unspecified atom stereocenters. The number of anilines is 4. The van der Waals surface area contributed by atoms with Crippen molar-refractivity contribution in [2.24, 2.45) is 0 Å². The maximum Gasteiger partial charge on any atom is 0.327 e. The molecule has 7 nitrogen and oxygen atoms in total. The Labute approximate surface area is 172 Å². The van der Waals surface area contributed by atoms with Gasteiger partial charge >= 0.3 is 6.01 Å². The van der Waals surface area contributed by atoms with Crippen molar-refractivity contribution in [3.63, 3.8) is 0 Å². The fraction of sp³-hybridized carbons (Fsp3) is 0.286. The second-order valence-electron chi connectivity index (χ2n) is 7.02. The number of rotatable bonds is 4. The van der Waals surface area contributed by atoms with Gasteiger partial charge in [0.05, 0.1) is 11.4 Å². The topological polar surface area (TPSA) is 65.7 Å². The smallest absolute Gasteiger partial charge is 0.327 e. The molecule has 1 aliphatic rings. The molecule has 1 aliphatic heterocycles. The minimum absolute atomic E-state index is 0.0270. The number of hydrogen-bond donors (Lipinski definition) is 0. The quantitative estimate of drug-likeness (QED) is 0.647. The summed E-state index contributed by atoms with van der Waals surface area (Å²) in [6.07, 6.45) is 2.01. The van der Waals surface area contributed by atoms with Gasteiger partial charge in [-0.25, -0.2) is 8.78 Å². The van der Waals surface area contributed by atoms with Gasteiger partial charge in [0.15, 0.2) is 0 Å². The Morgan fingerprint density at radius 1 is 1.07 bits per heavy atom. The molecular weight excluding hydrogens is 392 g/mol. The molecule has 0 spiro atoms. The molecule has 0 atom stereocenters. The Hall–Kier alpha value is -3.49. The van der Waals surface area contributed by atoms with Crippen molar-refractivity contribution in [3.8, 4) is 0 Å². The molecule has 0 saturated carbocycles. The van der Waals surface area contributed by atoms with Crippen LogP contribution in [0.4, 0.5) is 31.9 Å². The van der Waals surface area contributed by atoms with E-state index in [1.54, 1.807) is 19.1 Å². The van der Waals surface area contributed by atoms with Gasteiger partial charge in [-0.15, -0.1) is 5.10 Å². The van der Waals surface area contributed by atoms with Crippen LogP contribution in [0.3, 0.4) is 0 Å². The van der Waals surface area contributed by atoms with Crippen molar-refractivity contribution in [2.75, 3.05) is 36.0 Å². The van der Waals surface area contributed by atoms with Crippen LogP contribution in [-0.2, 0) is 4.79 Å². The predicted molar refractivity (Wildman–Crippen MR) is 108 cm³/mol. The number of benzene rings is 2. The number of aromatic nitrogens is 2. The third-order valence-electron chi connectivity index (χ3n) is 5.10. The van der Waals surface area contributed by atoms with Gasteiger partial charge in [0.1, 0.15) is 11.6 Å². The van der Waals surface area contributed by atoms with Gasteiger partial charge in [0.25, 0.3) is 0 Å². The van der Waals surface area contributed by atoms with Crippen LogP contribution in [0, 0.1) is 11.6 Å². The summed E-state index contributed by atoms with van der Waals surface area (Å²) in [7, 11) is 0. The van der Waals surface area contributed by atoms with Gasteiger partial charge < -0.3 is 14.2 Å². The van der Waals surface area contributed by atoms with Crippen LogP contribution >= 0.6 is 0 Å². The zero-order valence-electron chi connectivity index (χ0n) is 16.5. The van der Waals surface area contributed by atoms with E-state index in [9.17, 15) is 13.6 Å². The minimum atomic E-state index is -0.615. The zero-order chi connectivity index (χ0) is 21.1. The molecule has 0 aliphatic carbocycles. The lowest BCUT2D eigenvalue weighted by atomic mass is 10.2. The van der Waals surface area contributed by atoms with E-state index < -0.39 is 11.6 Å². The van der Waals surface area contributed by atoms with E-state index in [0.29, 0.717) is 12.2 Å². The highest BCUT2D eigenvalue weighted by Crippen LogP contribution is 2.36. The first-order chi connectivity index (χ1) is 14.5. The number of halogens is 2. The summed E-state index contributed by atoms with van der Waals surface area (Å²) in [6, 6.07) is 10.6. The monoisotopic (exact) mass is 413 g/mol. The molecule has 3 aromatic rings. The van der Waals surface area contributed by atoms with Crippen LogP contribution in [0.2, 0.25) is 0 Å². The number of carbonyl (C=O) groups is 1. The van der Waals surface area contributed by atoms with E-state index in [1.165, 1.54) is 4.90 Å². The second-order valence-corrected chi connectivity index (χ2v) is 7.02. The molecule has 1 fully saturated rings. The Kier molecular flexibility index (Phi) is 5.60. The normalized spacial score (nSPS) is 14.5. The Balaban J connectivity index is 1.62. The lowest BCUT2D eigenvalue weighted by molar-refractivity contribution is -0.128. The second kappa shape index (κ2) is 8.48. The summed E-state index contributed by atoms with van der Waals surface area (Å²) in [5, 5.41) is 7.52. The van der Waals surface area contributed by atoms with Crippen molar-refractivity contribution in [3.05, 3.63) is 60.5 Å². The van der Waals surface area contributed by atoms with Gasteiger partial charge in [0, 0.05) is 44.9 Å². The summed E-state index contributed by atoms with van der Waals surface area (Å²) in [4.78, 5) is 17.1. The van der Waals surface area contributed by atoms with Crippen molar-refractivity contribution in [1.82, 2.24) is 15.1 Å². The molecule has 0 radical (unpaired) electrons. The number of hydrogen-bond acceptors (Lipinski definition) is 6. The SMILES string of the molecule is CC(=O)N1CCCN(c2ccc(N(c3nnco3)c3cc(F)ccc3F)cc2)CC1. The first-order valence-electron chi connectivity index (χ1n) is 9.65. The molecule has 4 rings (SSSR count). The van der Waals surface area contributed by atoms with Crippen LogP contribution in [-0.4, -0.2) is 47.2 Å². The van der Waals surface area contributed by atoms with Crippen molar-refractivity contribution in [1.29, 1.82) is 0 Å². The molecule has 2 aromatic carbocycles. The van der Waals surface area contributed by atoms with Crippen LogP contribution in [0.15, 0.2) is 53.3 Å². The van der Waals surface area contributed by atoms with E-state index in [-0.39, 0.29) is 17.6 Å². The maximum absolute atomic E-state index is 14.5. The molecule has 0 bridgehead atoms. The predicted octanol–water partition coefficient (Wildman–Crippen LogP) is 3.88. The van der Waals surface area contributed by atoms with Crippen LogP contribution in [0.1, 0.15) is 13.3 Å². The van der Waals surface area contributed by atoms with Gasteiger partial charge in [-0.2, -0.15) is 0 Å². The van der Waals surface area contributed by atoms with Crippen LogP contribution < -0.4 is 9.80 Å². The number of carbonyl (C=O) groups excluding carboxylic acids is 1. The lowest BCUT2D eigenvalue weighted by Gasteiger charge is -2.25. The highest BCUT2D eigenvalue weighted by atomic mass is 19.1. The van der Waals surface area contributed by atoms with Gasteiger partial charge in [-0.1, -0.05) is 5.10 Å². The molecule has 1 saturated heterocycles. The molecule has 2 heterocycles. The largest absolute Gasteiger partial charge is 0.410 e. The van der Waals surface area contributed by atoms with Crippen LogP contribution in [0.5, 0.6) is 0 Å². The molecule has 0 N–H and O–H groups in total. The summed E-state index contributed by atoms with van der Waals surface area (Å²) in [5.74, 6) is -1.11. The fourth-order valence-electron chi connectivity index (χ4n) is 3.58. The standard InChI is InChI=1S/C21H21F2N5O2/c1-15(29)26-9-2-10-27(12-11-26)17-4-6-18(7-5-17)28(21-25-24-14-30-21)20-13-16(22)3-8-19(20)23/h3-8,13-14H,2,9-12H2,1H3. The number of nitrogens with zero attached hydrogens (tertiary/aromatic N) is 5. The summed E-state index contributed by atoms with van der Waals surface area (Å²) in [5.41, 5.74) is 1.50. The molecule has 9 heteroatoms. The molecule has 30 heavy (non-hydrogen) atoms. The minimum Gasteiger partial charge on any atom is -0.410 e. The van der Waals surface area contributed by atoms with E-state index >= 15 is 0 Å². The summed E-state index contributed by atoms with van der Waals surface area (Å²) in [6.45, 7) is 4.55. The van der Waals surface area contributed by atoms with E-state index in [0.717, 1.165) is 56.3 Å². The maximum atomic E-state index is 14.5. The number of amides is 1. The van der Waals surface area contributed by atoms with Crippen molar-refractivity contribution < 1.29 is 18.0 Å². The molecule has 1 aromatic heterocycles. The summed E-state index contributed by atoms with van der Waals surface area (Å²) < 4.78 is 33.5. The first kappa shape index (κ1) is 19.8. The molecule has 156 valence electrons. The van der Waals surface area contributed by atoms with Crippen LogP contribution in [0.25, 0.3) is 0 Å². The van der Waals surface area contributed by atoms with Gasteiger partial charge in [-0.05, 0) is 42.8 Å². The molecular formula is C21H21F2N5O2. The van der Waals surface area contributed by atoms with E-state index in [4.69, 9.17) is 4.42 Å². The van der Waals surface area contributed by atoms with Crippen molar-refractivity contribution >= 4 is 29.0 Å². The third kappa shape index (κ3) is 4.10. The zero-order valence-corrected chi connectivity index (χ0v) is 16.5. The molecule has 1 amide bonds. The Morgan fingerprint density at radius 3 is 2.57 bits per heavy atom. The summed E-state index contributed by atoms with van der Waals surface area (Å²) >= 11 is 0. The third-order valence-corrected chi connectivity index (χ3v) is 5.10. The lowest BCUT2D eigenvalue weighted by Crippen LogP contribution is -2.33. The highest BCUT2D eigenvalue weighted by molar-refractivity contribution is 5.74. The van der Waals surface area contributed by atoms with Gasteiger partial charge in [0.2, 0.25) is 12.3 Å². The fourth-order valence-corrected chi connectivity index (χ4v) is 3.58. The Morgan fingerprint density at radius 2 is 1.87 bits per heavy atom. The van der Waals surface area contributed by atoms with E-state index in [1.807, 2.05) is 17.0 Å².